The van der Waals surface area contributed by atoms with Gasteiger partial charge in [0, 0.05) is 18.3 Å². The van der Waals surface area contributed by atoms with E-state index in [1.807, 2.05) is 6.92 Å². The minimum Gasteiger partial charge on any atom is -0.370 e. The van der Waals surface area contributed by atoms with Gasteiger partial charge < -0.3 is 5.32 Å². The number of hydrogen-bond donors (Lipinski definition) is 1. The Morgan fingerprint density at radius 3 is 2.69 bits per heavy atom. The van der Waals surface area contributed by atoms with Gasteiger partial charge in [-0.15, -0.1) is 0 Å². The maximum atomic E-state index is 4.41. The number of hydrogen-bond acceptors (Lipinski definition) is 3. The average molecular weight is 219 g/mol. The summed E-state index contributed by atoms with van der Waals surface area (Å²) in [5.74, 6) is 2.64. The van der Waals surface area contributed by atoms with Crippen LogP contribution in [0.25, 0.3) is 0 Å². The van der Waals surface area contributed by atoms with Gasteiger partial charge in [0.2, 0.25) is 0 Å². The average Bonchev–Trinajstić information content (AvgIpc) is 2.83. The SMILES string of the molecule is CCc1cc(NCC2CC2(C)C)nc(C)n1. The fraction of sp³-hybridized carbons (Fsp3) is 0.692. The van der Waals surface area contributed by atoms with E-state index in [4.69, 9.17) is 0 Å². The predicted octanol–water partition coefficient (Wildman–Crippen LogP) is 2.81. The summed E-state index contributed by atoms with van der Waals surface area (Å²) in [7, 11) is 0. The van der Waals surface area contributed by atoms with Crippen LogP contribution in [0.15, 0.2) is 6.07 Å². The van der Waals surface area contributed by atoms with Crippen molar-refractivity contribution in [3.05, 3.63) is 17.6 Å². The first-order chi connectivity index (χ1) is 7.51. The Balaban J connectivity index is 1.96. The van der Waals surface area contributed by atoms with E-state index in [2.05, 4.69) is 42.1 Å². The Morgan fingerprint density at radius 1 is 1.44 bits per heavy atom. The lowest BCUT2D eigenvalue weighted by Gasteiger charge is -2.08. The van der Waals surface area contributed by atoms with Crippen LogP contribution in [-0.4, -0.2) is 16.5 Å². The van der Waals surface area contributed by atoms with Crippen LogP contribution in [0.3, 0.4) is 0 Å². The number of aromatic nitrogens is 2. The molecule has 0 aromatic carbocycles. The first-order valence-corrected chi connectivity index (χ1v) is 6.09. The van der Waals surface area contributed by atoms with Gasteiger partial charge in [0.25, 0.3) is 0 Å². The molecule has 1 unspecified atom stereocenters. The molecule has 3 heteroatoms. The molecule has 1 heterocycles. The van der Waals surface area contributed by atoms with Crippen LogP contribution in [-0.2, 0) is 6.42 Å². The normalized spacial score (nSPS) is 21.9. The van der Waals surface area contributed by atoms with E-state index in [-0.39, 0.29) is 0 Å². The zero-order valence-corrected chi connectivity index (χ0v) is 10.7. The molecule has 1 aromatic rings. The lowest BCUT2D eigenvalue weighted by molar-refractivity contribution is 0.572. The molecule has 1 fully saturated rings. The Morgan fingerprint density at radius 2 is 2.12 bits per heavy atom. The molecule has 2 rings (SSSR count). The lowest BCUT2D eigenvalue weighted by Crippen LogP contribution is -2.10. The topological polar surface area (TPSA) is 37.8 Å². The highest BCUT2D eigenvalue weighted by Crippen LogP contribution is 2.51. The standard InChI is InChI=1S/C13H21N3/c1-5-11-6-12(16-9(2)15-11)14-8-10-7-13(10,3)4/h6,10H,5,7-8H2,1-4H3,(H,14,15,16). The molecule has 1 atom stereocenters. The van der Waals surface area contributed by atoms with Crippen molar-refractivity contribution in [2.75, 3.05) is 11.9 Å². The monoisotopic (exact) mass is 219 g/mol. The van der Waals surface area contributed by atoms with Gasteiger partial charge in [-0.25, -0.2) is 9.97 Å². The van der Waals surface area contributed by atoms with Crippen LogP contribution in [0.1, 0.15) is 38.7 Å². The summed E-state index contributed by atoms with van der Waals surface area (Å²) >= 11 is 0. The Bertz CT molecular complexity index is 385. The largest absolute Gasteiger partial charge is 0.370 e. The predicted molar refractivity (Wildman–Crippen MR) is 66.5 cm³/mol. The number of rotatable bonds is 4. The fourth-order valence-corrected chi connectivity index (χ4v) is 2.05. The first kappa shape index (κ1) is 11.4. The van der Waals surface area contributed by atoms with Crippen molar-refractivity contribution < 1.29 is 0 Å². The van der Waals surface area contributed by atoms with Crippen LogP contribution < -0.4 is 5.32 Å². The maximum absolute atomic E-state index is 4.41. The summed E-state index contributed by atoms with van der Waals surface area (Å²) in [6.45, 7) is 9.75. The highest BCUT2D eigenvalue weighted by atomic mass is 15.0. The van der Waals surface area contributed by atoms with E-state index in [0.717, 1.165) is 36.2 Å². The fourth-order valence-electron chi connectivity index (χ4n) is 2.05. The summed E-state index contributed by atoms with van der Waals surface area (Å²) in [5.41, 5.74) is 1.65. The van der Waals surface area contributed by atoms with Gasteiger partial charge in [0.15, 0.2) is 0 Å². The van der Waals surface area contributed by atoms with Crippen molar-refractivity contribution in [3.8, 4) is 0 Å². The molecule has 3 nitrogen and oxygen atoms in total. The molecule has 1 N–H and O–H groups in total. The van der Waals surface area contributed by atoms with Crippen LogP contribution in [0.2, 0.25) is 0 Å². The third kappa shape index (κ3) is 2.52. The van der Waals surface area contributed by atoms with Crippen LogP contribution >= 0.6 is 0 Å². The Labute approximate surface area is 97.7 Å². The van der Waals surface area contributed by atoms with Gasteiger partial charge in [0.1, 0.15) is 11.6 Å². The van der Waals surface area contributed by atoms with Crippen LogP contribution in [0, 0.1) is 18.3 Å². The lowest BCUT2D eigenvalue weighted by atomic mass is 10.1. The maximum Gasteiger partial charge on any atom is 0.129 e. The van der Waals surface area contributed by atoms with Gasteiger partial charge in [-0.05, 0) is 31.1 Å². The van der Waals surface area contributed by atoms with E-state index < -0.39 is 0 Å². The third-order valence-corrected chi connectivity index (χ3v) is 3.50. The van der Waals surface area contributed by atoms with E-state index in [9.17, 15) is 0 Å². The van der Waals surface area contributed by atoms with Crippen molar-refractivity contribution in [2.24, 2.45) is 11.3 Å². The summed E-state index contributed by atoms with van der Waals surface area (Å²) in [6.07, 6.45) is 2.29. The van der Waals surface area contributed by atoms with E-state index >= 15 is 0 Å². The quantitative estimate of drug-likeness (QED) is 0.846. The number of anilines is 1. The number of nitrogens with zero attached hydrogens (tertiary/aromatic N) is 2. The second kappa shape index (κ2) is 4.04. The minimum atomic E-state index is 0.530. The molecular weight excluding hydrogens is 198 g/mol. The van der Waals surface area contributed by atoms with Gasteiger partial charge in [0.05, 0.1) is 0 Å². The van der Waals surface area contributed by atoms with Crippen molar-refractivity contribution in [1.82, 2.24) is 9.97 Å². The first-order valence-electron chi connectivity index (χ1n) is 6.09. The third-order valence-electron chi connectivity index (χ3n) is 3.50. The molecular formula is C13H21N3. The van der Waals surface area contributed by atoms with Crippen molar-refractivity contribution >= 4 is 5.82 Å². The van der Waals surface area contributed by atoms with E-state index in [1.54, 1.807) is 0 Å². The van der Waals surface area contributed by atoms with Crippen molar-refractivity contribution in [1.29, 1.82) is 0 Å². The molecule has 1 saturated carbocycles. The van der Waals surface area contributed by atoms with Gasteiger partial charge >= 0.3 is 0 Å². The minimum absolute atomic E-state index is 0.530. The summed E-state index contributed by atoms with van der Waals surface area (Å²) in [6, 6.07) is 2.06. The molecule has 0 amide bonds. The van der Waals surface area contributed by atoms with E-state index in [0.29, 0.717) is 5.41 Å². The smallest absolute Gasteiger partial charge is 0.129 e. The molecule has 0 radical (unpaired) electrons. The second-order valence-corrected chi connectivity index (χ2v) is 5.42. The van der Waals surface area contributed by atoms with Gasteiger partial charge in [-0.1, -0.05) is 20.8 Å². The van der Waals surface area contributed by atoms with E-state index in [1.165, 1.54) is 6.42 Å². The van der Waals surface area contributed by atoms with Gasteiger partial charge in [-0.2, -0.15) is 0 Å². The Kier molecular flexibility index (Phi) is 2.87. The highest BCUT2D eigenvalue weighted by molar-refractivity contribution is 5.36. The second-order valence-electron chi connectivity index (χ2n) is 5.42. The van der Waals surface area contributed by atoms with Crippen molar-refractivity contribution in [3.63, 3.8) is 0 Å². The van der Waals surface area contributed by atoms with Crippen LogP contribution in [0.4, 0.5) is 5.82 Å². The molecule has 1 aliphatic carbocycles. The molecule has 88 valence electrons. The molecule has 0 bridgehead atoms. The summed E-state index contributed by atoms with van der Waals surface area (Å²) in [5, 5.41) is 3.43. The molecule has 1 aliphatic rings. The van der Waals surface area contributed by atoms with Gasteiger partial charge in [-0.3, -0.25) is 0 Å². The molecule has 1 aromatic heterocycles. The van der Waals surface area contributed by atoms with Crippen molar-refractivity contribution in [2.45, 2.75) is 40.5 Å². The van der Waals surface area contributed by atoms with Crippen LogP contribution in [0.5, 0.6) is 0 Å². The molecule has 0 saturated heterocycles. The summed E-state index contributed by atoms with van der Waals surface area (Å²) in [4.78, 5) is 8.78. The molecule has 0 spiro atoms. The number of nitrogens with one attached hydrogen (secondary N) is 1. The number of aryl methyl sites for hydroxylation is 2. The molecule has 0 aliphatic heterocycles. The zero-order valence-electron chi connectivity index (χ0n) is 10.7. The highest BCUT2D eigenvalue weighted by Gasteiger charge is 2.44. The molecule has 16 heavy (non-hydrogen) atoms. The summed E-state index contributed by atoms with van der Waals surface area (Å²) < 4.78 is 0. The Hall–Kier alpha value is -1.12. The zero-order chi connectivity index (χ0) is 11.8.